The number of piperidine rings is 1. The first-order chi connectivity index (χ1) is 9.58. The first-order valence-electron chi connectivity index (χ1n) is 6.87. The summed E-state index contributed by atoms with van der Waals surface area (Å²) in [4.78, 5) is 22.1. The topological polar surface area (TPSA) is 89.2 Å². The summed E-state index contributed by atoms with van der Waals surface area (Å²) in [6.45, 7) is 2.69. The lowest BCUT2D eigenvalue weighted by Crippen LogP contribution is -2.33. The Hall–Kier alpha value is -1.89. The summed E-state index contributed by atoms with van der Waals surface area (Å²) in [6, 6.07) is 1.30. The van der Waals surface area contributed by atoms with E-state index in [1.807, 2.05) is 0 Å². The monoisotopic (exact) mass is 280 g/mol. The molecule has 0 saturated carbocycles. The molecule has 2 N–H and O–H groups in total. The van der Waals surface area contributed by atoms with E-state index in [2.05, 4.69) is 10.6 Å². The van der Waals surface area contributed by atoms with Crippen LogP contribution in [0, 0.1) is 16.0 Å². The lowest BCUT2D eigenvalue weighted by molar-refractivity contribution is -0.384. The number of nitrogens with one attached hydrogen (secondary N) is 2. The largest absolute Gasteiger partial charge is 0.351 e. The van der Waals surface area contributed by atoms with Gasteiger partial charge < -0.3 is 15.2 Å². The van der Waals surface area contributed by atoms with Crippen molar-refractivity contribution in [3.8, 4) is 0 Å². The molecule has 7 nitrogen and oxygen atoms in total. The van der Waals surface area contributed by atoms with Gasteiger partial charge in [0.25, 0.3) is 11.6 Å². The number of hydrogen-bond acceptors (Lipinski definition) is 4. The van der Waals surface area contributed by atoms with E-state index in [1.54, 1.807) is 7.05 Å². The van der Waals surface area contributed by atoms with Crippen LogP contribution in [0.4, 0.5) is 5.69 Å². The Morgan fingerprint density at radius 2 is 2.45 bits per heavy atom. The van der Waals surface area contributed by atoms with Gasteiger partial charge in [0.1, 0.15) is 5.69 Å². The summed E-state index contributed by atoms with van der Waals surface area (Å²) >= 11 is 0. The SMILES string of the molecule is Cn1cc([N+](=O)[O-])cc1C(=O)NCCC1CCCNC1. The molecule has 2 heterocycles. The second-order valence-corrected chi connectivity index (χ2v) is 5.21. The molecule has 0 aromatic carbocycles. The highest BCUT2D eigenvalue weighted by atomic mass is 16.6. The Morgan fingerprint density at radius 3 is 3.05 bits per heavy atom. The Balaban J connectivity index is 1.83. The number of carbonyl (C=O) groups is 1. The summed E-state index contributed by atoms with van der Waals surface area (Å²) in [6.07, 6.45) is 4.66. The maximum absolute atomic E-state index is 12.0. The minimum absolute atomic E-state index is 0.0610. The van der Waals surface area contributed by atoms with Crippen molar-refractivity contribution in [2.24, 2.45) is 13.0 Å². The third-order valence-electron chi connectivity index (χ3n) is 3.67. The van der Waals surface area contributed by atoms with Crippen molar-refractivity contribution in [2.75, 3.05) is 19.6 Å². The van der Waals surface area contributed by atoms with Crippen LogP contribution in [0.5, 0.6) is 0 Å². The van der Waals surface area contributed by atoms with E-state index in [9.17, 15) is 14.9 Å². The van der Waals surface area contributed by atoms with Crippen molar-refractivity contribution >= 4 is 11.6 Å². The molecule has 1 aliphatic rings. The summed E-state index contributed by atoms with van der Waals surface area (Å²) in [5.41, 5.74) is 0.257. The lowest BCUT2D eigenvalue weighted by atomic mass is 9.96. The molecule has 2 rings (SSSR count). The quantitative estimate of drug-likeness (QED) is 0.623. The first kappa shape index (κ1) is 14.5. The molecule has 1 aromatic rings. The van der Waals surface area contributed by atoms with Crippen LogP contribution < -0.4 is 10.6 Å². The maximum Gasteiger partial charge on any atom is 0.287 e. The van der Waals surface area contributed by atoms with Crippen LogP contribution in [-0.2, 0) is 7.05 Å². The van der Waals surface area contributed by atoms with E-state index in [4.69, 9.17) is 0 Å². The molecule has 110 valence electrons. The highest BCUT2D eigenvalue weighted by Gasteiger charge is 2.18. The molecule has 1 aromatic heterocycles. The van der Waals surface area contributed by atoms with E-state index in [0.717, 1.165) is 19.5 Å². The molecule has 7 heteroatoms. The average molecular weight is 280 g/mol. The van der Waals surface area contributed by atoms with Crippen LogP contribution >= 0.6 is 0 Å². The number of nitro groups is 1. The molecule has 0 radical (unpaired) electrons. The van der Waals surface area contributed by atoms with Gasteiger partial charge >= 0.3 is 0 Å². The summed E-state index contributed by atoms with van der Waals surface area (Å²) < 4.78 is 1.48. The van der Waals surface area contributed by atoms with Gasteiger partial charge in [-0.2, -0.15) is 0 Å². The standard InChI is InChI=1S/C13H20N4O3/c1-16-9-11(17(19)20)7-12(16)13(18)15-6-4-10-3-2-5-14-8-10/h7,9-10,14H,2-6,8H2,1H3,(H,15,18). The number of rotatable bonds is 5. The summed E-state index contributed by atoms with van der Waals surface area (Å²) in [5, 5.41) is 16.8. The fourth-order valence-electron chi connectivity index (χ4n) is 2.52. The molecule has 1 amide bonds. The highest BCUT2D eigenvalue weighted by Crippen LogP contribution is 2.16. The Bertz CT molecular complexity index is 492. The van der Waals surface area contributed by atoms with Gasteiger partial charge in [-0.25, -0.2) is 0 Å². The minimum Gasteiger partial charge on any atom is -0.351 e. The molecule has 1 saturated heterocycles. The van der Waals surface area contributed by atoms with E-state index in [0.29, 0.717) is 18.2 Å². The summed E-state index contributed by atoms with van der Waals surface area (Å²) in [5.74, 6) is 0.344. The third-order valence-corrected chi connectivity index (χ3v) is 3.67. The van der Waals surface area contributed by atoms with Crippen molar-refractivity contribution in [3.63, 3.8) is 0 Å². The fraction of sp³-hybridized carbons (Fsp3) is 0.615. The van der Waals surface area contributed by atoms with Crippen LogP contribution in [0.2, 0.25) is 0 Å². The third kappa shape index (κ3) is 3.57. The van der Waals surface area contributed by atoms with E-state index in [-0.39, 0.29) is 11.6 Å². The van der Waals surface area contributed by atoms with Gasteiger partial charge in [-0.1, -0.05) is 0 Å². The van der Waals surface area contributed by atoms with Crippen LogP contribution in [0.25, 0.3) is 0 Å². The lowest BCUT2D eigenvalue weighted by Gasteiger charge is -2.22. The average Bonchev–Trinajstić information content (AvgIpc) is 2.82. The molecule has 1 unspecified atom stereocenters. The highest BCUT2D eigenvalue weighted by molar-refractivity contribution is 5.93. The van der Waals surface area contributed by atoms with Crippen molar-refractivity contribution in [2.45, 2.75) is 19.3 Å². The van der Waals surface area contributed by atoms with Gasteiger partial charge in [0.15, 0.2) is 0 Å². The second-order valence-electron chi connectivity index (χ2n) is 5.21. The van der Waals surface area contributed by atoms with E-state index in [1.165, 1.54) is 29.7 Å². The number of hydrogen-bond donors (Lipinski definition) is 2. The van der Waals surface area contributed by atoms with Crippen molar-refractivity contribution in [1.29, 1.82) is 0 Å². The molecule has 1 aliphatic heterocycles. The van der Waals surface area contributed by atoms with Gasteiger partial charge in [0.05, 0.1) is 11.1 Å². The number of aryl methyl sites for hydroxylation is 1. The predicted octanol–water partition coefficient (Wildman–Crippen LogP) is 1.05. The fourth-order valence-corrected chi connectivity index (χ4v) is 2.52. The van der Waals surface area contributed by atoms with Gasteiger partial charge in [-0.15, -0.1) is 0 Å². The number of carbonyl (C=O) groups excluding carboxylic acids is 1. The Morgan fingerprint density at radius 1 is 1.65 bits per heavy atom. The van der Waals surface area contributed by atoms with Gasteiger partial charge in [0.2, 0.25) is 0 Å². The maximum atomic E-state index is 12.0. The van der Waals surface area contributed by atoms with E-state index >= 15 is 0 Å². The van der Waals surface area contributed by atoms with Gasteiger partial charge in [0, 0.05) is 19.7 Å². The molecule has 0 spiro atoms. The normalized spacial score (nSPS) is 18.8. The Labute approximate surface area is 117 Å². The zero-order valence-electron chi connectivity index (χ0n) is 11.6. The molecule has 1 atom stereocenters. The van der Waals surface area contributed by atoms with E-state index < -0.39 is 4.92 Å². The zero-order valence-corrected chi connectivity index (χ0v) is 11.6. The van der Waals surface area contributed by atoms with Crippen LogP contribution in [0.15, 0.2) is 12.3 Å². The Kier molecular flexibility index (Phi) is 4.73. The molecular weight excluding hydrogens is 260 g/mol. The van der Waals surface area contributed by atoms with Gasteiger partial charge in [-0.3, -0.25) is 14.9 Å². The second kappa shape index (κ2) is 6.51. The zero-order chi connectivity index (χ0) is 14.5. The summed E-state index contributed by atoms with van der Waals surface area (Å²) in [7, 11) is 1.63. The van der Waals surface area contributed by atoms with Crippen LogP contribution in [-0.4, -0.2) is 35.0 Å². The molecule has 0 bridgehead atoms. The first-order valence-corrected chi connectivity index (χ1v) is 6.87. The van der Waals surface area contributed by atoms with Crippen LogP contribution in [0.1, 0.15) is 29.8 Å². The van der Waals surface area contributed by atoms with Crippen molar-refractivity contribution < 1.29 is 9.72 Å². The number of nitrogens with zero attached hydrogens (tertiary/aromatic N) is 2. The predicted molar refractivity (Wildman–Crippen MR) is 74.6 cm³/mol. The molecule has 1 fully saturated rings. The van der Waals surface area contributed by atoms with Crippen molar-refractivity contribution in [3.05, 3.63) is 28.1 Å². The minimum atomic E-state index is -0.496. The molecule has 20 heavy (non-hydrogen) atoms. The number of aromatic nitrogens is 1. The van der Waals surface area contributed by atoms with Gasteiger partial charge in [-0.05, 0) is 38.3 Å². The smallest absolute Gasteiger partial charge is 0.287 e. The molecule has 0 aliphatic carbocycles. The van der Waals surface area contributed by atoms with Crippen molar-refractivity contribution in [1.82, 2.24) is 15.2 Å². The van der Waals surface area contributed by atoms with Crippen LogP contribution in [0.3, 0.4) is 0 Å². The number of amides is 1. The molecular formula is C13H20N4O3.